The van der Waals surface area contributed by atoms with E-state index in [2.05, 4.69) is 13.0 Å². The molecule has 3 rings (SSSR count). The molecule has 0 saturated carbocycles. The molecule has 0 aromatic heterocycles. The van der Waals surface area contributed by atoms with Gasteiger partial charge in [0.1, 0.15) is 5.75 Å². The van der Waals surface area contributed by atoms with Gasteiger partial charge in [-0.05, 0) is 93.2 Å². The Hall–Kier alpha value is -2.97. The number of aliphatic hydroxyl groups excluding tert-OH is 2. The highest BCUT2D eigenvalue weighted by atomic mass is 16.4. The van der Waals surface area contributed by atoms with E-state index < -0.39 is 29.8 Å². The fourth-order valence-corrected chi connectivity index (χ4v) is 6.68. The quantitative estimate of drug-likeness (QED) is 0.128. The first kappa shape index (κ1) is 32.5. The molecule has 1 fully saturated rings. The number of allylic oxidation sites excluding steroid dienone is 2. The van der Waals surface area contributed by atoms with E-state index in [0.29, 0.717) is 56.3 Å². The number of carbonyl (C=O) groups excluding carboxylic acids is 2. The second-order valence-electron chi connectivity index (χ2n) is 11.7. The molecule has 1 aromatic carbocycles. The minimum atomic E-state index is -0.859. The predicted molar refractivity (Wildman–Crippen MR) is 158 cm³/mol. The van der Waals surface area contributed by atoms with Crippen LogP contribution in [0.1, 0.15) is 94.7 Å². The van der Waals surface area contributed by atoms with Crippen molar-refractivity contribution >= 4 is 23.9 Å². The number of phenolic OH excluding ortho intramolecular Hbond substituents is 1. The third-order valence-corrected chi connectivity index (χ3v) is 8.72. The molecular formula is C33H47NO7. The SMILES string of the molecule is CCC/C(=C\c1cc(C)c(O)c(C)c1)CC[C@@H](O)C1=C(CC)C[C@H]2C(=O)N(CCCCCC(=O)O)C(=O)[C@H]2[C@H]1CO. The van der Waals surface area contributed by atoms with Crippen molar-refractivity contribution < 1.29 is 34.8 Å². The molecule has 0 spiro atoms. The summed E-state index contributed by atoms with van der Waals surface area (Å²) in [4.78, 5) is 38.8. The molecule has 8 nitrogen and oxygen atoms in total. The topological polar surface area (TPSA) is 135 Å². The number of aryl methyl sites for hydroxylation is 2. The molecule has 1 aliphatic carbocycles. The predicted octanol–water partition coefficient (Wildman–Crippen LogP) is 5.30. The van der Waals surface area contributed by atoms with Crippen molar-refractivity contribution in [2.24, 2.45) is 17.8 Å². The van der Waals surface area contributed by atoms with E-state index in [1.54, 1.807) is 0 Å². The largest absolute Gasteiger partial charge is 0.507 e. The van der Waals surface area contributed by atoms with Crippen molar-refractivity contribution in [2.75, 3.05) is 13.2 Å². The number of unbranched alkanes of at least 4 members (excludes halogenated alkanes) is 2. The van der Waals surface area contributed by atoms with Crippen LogP contribution in [0.5, 0.6) is 5.75 Å². The number of carboxylic acid groups (broad SMARTS) is 1. The van der Waals surface area contributed by atoms with Crippen LogP contribution in [-0.2, 0) is 14.4 Å². The van der Waals surface area contributed by atoms with Gasteiger partial charge in [0.2, 0.25) is 11.8 Å². The Morgan fingerprint density at radius 3 is 2.32 bits per heavy atom. The number of aliphatic carboxylic acids is 1. The van der Waals surface area contributed by atoms with E-state index in [9.17, 15) is 29.7 Å². The maximum atomic E-state index is 13.5. The number of aliphatic hydroxyl groups is 2. The van der Waals surface area contributed by atoms with Crippen molar-refractivity contribution in [2.45, 2.75) is 98.0 Å². The molecule has 4 N–H and O–H groups in total. The Morgan fingerprint density at radius 1 is 1.05 bits per heavy atom. The van der Waals surface area contributed by atoms with E-state index >= 15 is 0 Å². The summed E-state index contributed by atoms with van der Waals surface area (Å²) in [5.74, 6) is -2.88. The fraction of sp³-hybridized carbons (Fsp3) is 0.606. The Bertz CT molecular complexity index is 1160. The second kappa shape index (κ2) is 14.8. The molecule has 4 atom stereocenters. The minimum absolute atomic E-state index is 0.0636. The Kier molecular flexibility index (Phi) is 11.7. The van der Waals surface area contributed by atoms with Gasteiger partial charge in [0, 0.05) is 18.9 Å². The molecule has 2 amide bonds. The van der Waals surface area contributed by atoms with Gasteiger partial charge < -0.3 is 20.4 Å². The number of benzene rings is 1. The molecule has 1 aromatic rings. The molecule has 0 radical (unpaired) electrons. The van der Waals surface area contributed by atoms with Gasteiger partial charge in [-0.1, -0.05) is 43.9 Å². The number of hydrogen-bond donors (Lipinski definition) is 4. The highest BCUT2D eigenvalue weighted by molar-refractivity contribution is 6.05. The maximum Gasteiger partial charge on any atom is 0.303 e. The second-order valence-corrected chi connectivity index (χ2v) is 11.7. The average Bonchev–Trinajstić information content (AvgIpc) is 3.17. The molecule has 41 heavy (non-hydrogen) atoms. The molecule has 1 saturated heterocycles. The van der Waals surface area contributed by atoms with Crippen LogP contribution < -0.4 is 0 Å². The minimum Gasteiger partial charge on any atom is -0.507 e. The number of aromatic hydroxyl groups is 1. The van der Waals surface area contributed by atoms with Crippen LogP contribution in [0.2, 0.25) is 0 Å². The van der Waals surface area contributed by atoms with Crippen LogP contribution in [0, 0.1) is 31.6 Å². The molecular weight excluding hydrogens is 522 g/mol. The average molecular weight is 570 g/mol. The van der Waals surface area contributed by atoms with E-state index in [4.69, 9.17) is 5.11 Å². The first-order chi connectivity index (χ1) is 19.5. The van der Waals surface area contributed by atoms with Gasteiger partial charge in [0.05, 0.1) is 24.5 Å². The maximum absolute atomic E-state index is 13.5. The lowest BCUT2D eigenvalue weighted by atomic mass is 9.67. The number of phenols is 1. The van der Waals surface area contributed by atoms with Crippen LogP contribution in [0.4, 0.5) is 0 Å². The molecule has 2 aliphatic rings. The van der Waals surface area contributed by atoms with Gasteiger partial charge in [-0.3, -0.25) is 19.3 Å². The van der Waals surface area contributed by atoms with Gasteiger partial charge in [0.25, 0.3) is 0 Å². The zero-order valence-electron chi connectivity index (χ0n) is 25.0. The molecule has 8 heteroatoms. The third kappa shape index (κ3) is 7.66. The summed E-state index contributed by atoms with van der Waals surface area (Å²) < 4.78 is 0. The lowest BCUT2D eigenvalue weighted by molar-refractivity contribution is -0.141. The monoisotopic (exact) mass is 569 g/mol. The molecule has 1 heterocycles. The summed E-state index contributed by atoms with van der Waals surface area (Å²) in [5.41, 5.74) is 5.50. The Labute approximate surface area is 243 Å². The zero-order chi connectivity index (χ0) is 30.3. The lowest BCUT2D eigenvalue weighted by Gasteiger charge is -2.36. The summed E-state index contributed by atoms with van der Waals surface area (Å²) in [5, 5.41) is 40.9. The van der Waals surface area contributed by atoms with Crippen molar-refractivity contribution in [1.82, 2.24) is 4.90 Å². The highest BCUT2D eigenvalue weighted by Crippen LogP contribution is 2.47. The van der Waals surface area contributed by atoms with E-state index in [1.807, 2.05) is 32.9 Å². The number of amides is 2. The first-order valence-electron chi connectivity index (χ1n) is 15.1. The van der Waals surface area contributed by atoms with Gasteiger partial charge >= 0.3 is 5.97 Å². The summed E-state index contributed by atoms with van der Waals surface area (Å²) >= 11 is 0. The molecule has 0 unspecified atom stereocenters. The first-order valence-corrected chi connectivity index (χ1v) is 15.1. The molecule has 1 aliphatic heterocycles. The van der Waals surface area contributed by atoms with Crippen LogP contribution in [0.25, 0.3) is 6.08 Å². The lowest BCUT2D eigenvalue weighted by Crippen LogP contribution is -2.39. The standard InChI is InChI=1S/C33H47NO7/c1-5-10-22(17-23-15-20(3)31(39)21(4)16-23)12-13-27(36)29-24(6-2)18-25-30(26(29)19-35)33(41)34(32(25)40)14-9-7-8-11-28(37)38/h15-17,25-27,30,35-36,39H,5-14,18-19H2,1-4H3,(H,37,38)/b22-17+/t25-,26+,27-,30-/m1/s1. The summed E-state index contributed by atoms with van der Waals surface area (Å²) in [6, 6.07) is 3.91. The fourth-order valence-electron chi connectivity index (χ4n) is 6.68. The normalized spacial score (nSPS) is 22.0. The number of fused-ring (bicyclic) bond motifs is 1. The van der Waals surface area contributed by atoms with Crippen LogP contribution >= 0.6 is 0 Å². The number of likely N-dealkylation sites (tertiary alicyclic amines) is 1. The summed E-state index contributed by atoms with van der Waals surface area (Å²) in [6.07, 6.45) is 6.97. The van der Waals surface area contributed by atoms with E-state index in [-0.39, 0.29) is 31.4 Å². The number of hydrogen-bond acceptors (Lipinski definition) is 6. The summed E-state index contributed by atoms with van der Waals surface area (Å²) in [7, 11) is 0. The van der Waals surface area contributed by atoms with E-state index in [0.717, 1.165) is 35.1 Å². The van der Waals surface area contributed by atoms with Gasteiger partial charge in [-0.2, -0.15) is 0 Å². The number of carbonyl (C=O) groups is 3. The number of carboxylic acids is 1. The van der Waals surface area contributed by atoms with Gasteiger partial charge in [-0.25, -0.2) is 0 Å². The summed E-state index contributed by atoms with van der Waals surface area (Å²) in [6.45, 7) is 7.79. The Morgan fingerprint density at radius 2 is 1.73 bits per heavy atom. The third-order valence-electron chi connectivity index (χ3n) is 8.72. The van der Waals surface area contributed by atoms with Gasteiger partial charge in [-0.15, -0.1) is 0 Å². The zero-order valence-corrected chi connectivity index (χ0v) is 25.0. The van der Waals surface area contributed by atoms with E-state index in [1.165, 1.54) is 10.5 Å². The van der Waals surface area contributed by atoms with Crippen LogP contribution in [-0.4, -0.2) is 62.4 Å². The smallest absolute Gasteiger partial charge is 0.303 e. The van der Waals surface area contributed by atoms with Crippen molar-refractivity contribution in [3.05, 3.63) is 45.5 Å². The number of nitrogens with zero attached hydrogens (tertiary/aromatic N) is 1. The molecule has 226 valence electrons. The van der Waals surface area contributed by atoms with Crippen LogP contribution in [0.15, 0.2) is 28.9 Å². The van der Waals surface area contributed by atoms with Crippen molar-refractivity contribution in [3.8, 4) is 5.75 Å². The number of imide groups is 1. The number of rotatable bonds is 15. The van der Waals surface area contributed by atoms with Gasteiger partial charge in [0.15, 0.2) is 0 Å². The Balaban J connectivity index is 1.76. The van der Waals surface area contributed by atoms with Crippen molar-refractivity contribution in [1.29, 1.82) is 0 Å². The van der Waals surface area contributed by atoms with Crippen molar-refractivity contribution in [3.63, 3.8) is 0 Å². The van der Waals surface area contributed by atoms with Crippen LogP contribution in [0.3, 0.4) is 0 Å². The molecule has 0 bridgehead atoms. The highest BCUT2D eigenvalue weighted by Gasteiger charge is 2.54.